The van der Waals surface area contributed by atoms with Gasteiger partial charge in [0, 0.05) is 20.9 Å². The van der Waals surface area contributed by atoms with Crippen LogP contribution in [0.2, 0.25) is 5.02 Å². The van der Waals surface area contributed by atoms with Crippen LogP contribution in [0.4, 0.5) is 0 Å². The molecule has 0 saturated heterocycles. The number of nitrogens with one attached hydrogen (secondary N) is 1. The normalized spacial score (nSPS) is 14.5. The minimum absolute atomic E-state index is 0.277. The van der Waals surface area contributed by atoms with Gasteiger partial charge in [0.05, 0.1) is 17.7 Å². The third kappa shape index (κ3) is 3.65. The number of aromatic nitrogens is 1. The fourth-order valence-electron chi connectivity index (χ4n) is 3.75. The van der Waals surface area contributed by atoms with E-state index in [2.05, 4.69) is 20.9 Å². The molecule has 1 aliphatic rings. The van der Waals surface area contributed by atoms with Gasteiger partial charge in [-0.15, -0.1) is 0 Å². The number of hydrogen-bond acceptors (Lipinski definition) is 3. The van der Waals surface area contributed by atoms with Crippen LogP contribution in [0.15, 0.2) is 40.9 Å². The van der Waals surface area contributed by atoms with Gasteiger partial charge in [-0.25, -0.2) is 4.79 Å². The van der Waals surface area contributed by atoms with Crippen LogP contribution in [0, 0.1) is 0 Å². The molecule has 1 aliphatic carbocycles. The Morgan fingerprint density at radius 3 is 2.57 bits per heavy atom. The van der Waals surface area contributed by atoms with E-state index in [1.165, 1.54) is 12.8 Å². The lowest BCUT2D eigenvalue weighted by molar-refractivity contribution is 0.0521. The molecule has 1 fully saturated rings. The number of halogens is 2. The number of fused-ring (bicyclic) bond motifs is 1. The second kappa shape index (κ2) is 8.18. The first-order valence-corrected chi connectivity index (χ1v) is 10.7. The van der Waals surface area contributed by atoms with Gasteiger partial charge in [-0.1, -0.05) is 39.7 Å². The molecule has 6 heteroatoms. The van der Waals surface area contributed by atoms with E-state index in [0.29, 0.717) is 17.7 Å². The predicted octanol–water partition coefficient (Wildman–Crippen LogP) is 6.75. The smallest absolute Gasteiger partial charge is 0.356 e. The molecule has 0 unspecified atom stereocenters. The van der Waals surface area contributed by atoms with E-state index in [9.17, 15) is 4.79 Å². The fraction of sp³-hybridized carbons (Fsp3) is 0.318. The van der Waals surface area contributed by atoms with Crippen LogP contribution in [-0.4, -0.2) is 23.7 Å². The molecule has 146 valence electrons. The highest BCUT2D eigenvalue weighted by atomic mass is 79.9. The standard InChI is InChI=1S/C22H21BrClNO3/c1-2-27-22(26)21-20(24)19-17(25-21)12-11-16(23)18(19)13-7-9-15(10-8-13)28-14-5-3-4-6-14/h7-12,14,25H,2-6H2,1H3. The van der Waals surface area contributed by atoms with Gasteiger partial charge in [0.15, 0.2) is 0 Å². The highest BCUT2D eigenvalue weighted by Crippen LogP contribution is 2.41. The van der Waals surface area contributed by atoms with Crippen molar-refractivity contribution in [3.05, 3.63) is 51.6 Å². The van der Waals surface area contributed by atoms with Crippen LogP contribution in [0.5, 0.6) is 5.75 Å². The maximum Gasteiger partial charge on any atom is 0.356 e. The van der Waals surface area contributed by atoms with E-state index < -0.39 is 5.97 Å². The fourth-order valence-corrected chi connectivity index (χ4v) is 4.63. The Morgan fingerprint density at radius 1 is 1.18 bits per heavy atom. The van der Waals surface area contributed by atoms with Gasteiger partial charge in [-0.05, 0) is 62.4 Å². The van der Waals surface area contributed by atoms with E-state index in [0.717, 1.165) is 45.1 Å². The summed E-state index contributed by atoms with van der Waals surface area (Å²) >= 11 is 10.2. The SMILES string of the molecule is CCOC(=O)c1[nH]c2ccc(Br)c(-c3ccc(OC4CCCC4)cc3)c2c1Cl. The Morgan fingerprint density at radius 2 is 1.89 bits per heavy atom. The highest BCUT2D eigenvalue weighted by Gasteiger charge is 2.22. The van der Waals surface area contributed by atoms with Crippen molar-refractivity contribution in [3.8, 4) is 16.9 Å². The van der Waals surface area contributed by atoms with Crippen molar-refractivity contribution in [3.63, 3.8) is 0 Å². The molecule has 1 aromatic heterocycles. The van der Waals surface area contributed by atoms with Crippen molar-refractivity contribution < 1.29 is 14.3 Å². The van der Waals surface area contributed by atoms with E-state index >= 15 is 0 Å². The molecule has 0 aliphatic heterocycles. The van der Waals surface area contributed by atoms with Gasteiger partial charge in [-0.3, -0.25) is 0 Å². The van der Waals surface area contributed by atoms with Crippen molar-refractivity contribution in [2.24, 2.45) is 0 Å². The maximum absolute atomic E-state index is 12.2. The molecule has 0 radical (unpaired) electrons. The summed E-state index contributed by atoms with van der Waals surface area (Å²) < 4.78 is 12.1. The van der Waals surface area contributed by atoms with E-state index in [1.54, 1.807) is 6.92 Å². The Kier molecular flexibility index (Phi) is 5.65. The van der Waals surface area contributed by atoms with Crippen molar-refractivity contribution >= 4 is 44.4 Å². The maximum atomic E-state index is 12.2. The van der Waals surface area contributed by atoms with Crippen molar-refractivity contribution in [1.82, 2.24) is 4.98 Å². The number of hydrogen-bond donors (Lipinski definition) is 1. The highest BCUT2D eigenvalue weighted by molar-refractivity contribution is 9.10. The average molecular weight is 463 g/mol. The number of benzene rings is 2. The number of ether oxygens (including phenoxy) is 2. The first-order valence-electron chi connectivity index (χ1n) is 9.52. The molecule has 1 saturated carbocycles. The third-order valence-electron chi connectivity index (χ3n) is 5.08. The van der Waals surface area contributed by atoms with Crippen LogP contribution < -0.4 is 4.74 Å². The summed E-state index contributed by atoms with van der Waals surface area (Å²) in [5.41, 5.74) is 2.99. The summed E-state index contributed by atoms with van der Waals surface area (Å²) in [5, 5.41) is 1.17. The Bertz CT molecular complexity index is 1010. The summed E-state index contributed by atoms with van der Waals surface area (Å²) in [6.45, 7) is 2.06. The lowest BCUT2D eigenvalue weighted by atomic mass is 10.0. The topological polar surface area (TPSA) is 51.3 Å². The number of rotatable bonds is 5. The van der Waals surface area contributed by atoms with Gasteiger partial charge < -0.3 is 14.5 Å². The first kappa shape index (κ1) is 19.3. The zero-order chi connectivity index (χ0) is 19.7. The Labute approximate surface area is 177 Å². The van der Waals surface area contributed by atoms with E-state index in [4.69, 9.17) is 21.1 Å². The summed E-state index contributed by atoms with van der Waals surface area (Å²) in [6.07, 6.45) is 5.07. The zero-order valence-corrected chi connectivity index (χ0v) is 17.9. The van der Waals surface area contributed by atoms with Crippen LogP contribution >= 0.6 is 27.5 Å². The van der Waals surface area contributed by atoms with Crippen molar-refractivity contribution in [1.29, 1.82) is 0 Å². The average Bonchev–Trinajstić information content (AvgIpc) is 3.31. The molecule has 2 aromatic carbocycles. The van der Waals surface area contributed by atoms with Gasteiger partial charge in [0.25, 0.3) is 0 Å². The van der Waals surface area contributed by atoms with Crippen molar-refractivity contribution in [2.75, 3.05) is 6.61 Å². The molecule has 4 rings (SSSR count). The summed E-state index contributed by atoms with van der Waals surface area (Å²) in [7, 11) is 0. The lowest BCUT2D eigenvalue weighted by Crippen LogP contribution is -2.10. The largest absolute Gasteiger partial charge is 0.490 e. The quantitative estimate of drug-likeness (QED) is 0.427. The number of carbonyl (C=O) groups is 1. The van der Waals surface area contributed by atoms with Gasteiger partial charge in [-0.2, -0.15) is 0 Å². The minimum atomic E-state index is -0.453. The van der Waals surface area contributed by atoms with Crippen LogP contribution in [-0.2, 0) is 4.74 Å². The molecule has 0 spiro atoms. The van der Waals surface area contributed by atoms with Crippen LogP contribution in [0.25, 0.3) is 22.0 Å². The third-order valence-corrected chi connectivity index (χ3v) is 6.12. The summed E-state index contributed by atoms with van der Waals surface area (Å²) in [5.74, 6) is 0.428. The number of aromatic amines is 1. The number of carbonyl (C=O) groups excluding carboxylic acids is 1. The van der Waals surface area contributed by atoms with E-state index in [-0.39, 0.29) is 5.69 Å². The Balaban J connectivity index is 1.73. The Hall–Kier alpha value is -1.98. The molecule has 28 heavy (non-hydrogen) atoms. The lowest BCUT2D eigenvalue weighted by Gasteiger charge is -2.14. The summed E-state index contributed by atoms with van der Waals surface area (Å²) in [4.78, 5) is 15.3. The summed E-state index contributed by atoms with van der Waals surface area (Å²) in [6, 6.07) is 11.9. The second-order valence-electron chi connectivity index (χ2n) is 6.93. The number of H-pyrrole nitrogens is 1. The van der Waals surface area contributed by atoms with Gasteiger partial charge >= 0.3 is 5.97 Å². The molecule has 0 amide bonds. The molecule has 1 N–H and O–H groups in total. The monoisotopic (exact) mass is 461 g/mol. The molecule has 1 heterocycles. The van der Waals surface area contributed by atoms with Crippen LogP contribution in [0.1, 0.15) is 43.1 Å². The van der Waals surface area contributed by atoms with Crippen molar-refractivity contribution in [2.45, 2.75) is 38.7 Å². The minimum Gasteiger partial charge on any atom is -0.490 e. The molecular weight excluding hydrogens is 442 g/mol. The van der Waals surface area contributed by atoms with Gasteiger partial charge in [0.2, 0.25) is 0 Å². The molecule has 0 bridgehead atoms. The molecule has 0 atom stereocenters. The van der Waals surface area contributed by atoms with E-state index in [1.807, 2.05) is 36.4 Å². The second-order valence-corrected chi connectivity index (χ2v) is 8.16. The van der Waals surface area contributed by atoms with Crippen LogP contribution in [0.3, 0.4) is 0 Å². The molecule has 4 nitrogen and oxygen atoms in total. The molecular formula is C22H21BrClNO3. The predicted molar refractivity (Wildman–Crippen MR) is 115 cm³/mol. The first-order chi connectivity index (χ1) is 13.6. The zero-order valence-electron chi connectivity index (χ0n) is 15.6. The molecule has 3 aromatic rings. The number of esters is 1. The van der Waals surface area contributed by atoms with Gasteiger partial charge in [0.1, 0.15) is 11.4 Å².